The van der Waals surface area contributed by atoms with E-state index < -0.39 is 23.5 Å². The van der Waals surface area contributed by atoms with Gasteiger partial charge in [0.25, 0.3) is 5.91 Å². The summed E-state index contributed by atoms with van der Waals surface area (Å²) in [6.45, 7) is 1.61. The number of hydrogen-bond acceptors (Lipinski definition) is 4. The number of nitrogens with one attached hydrogen (secondary N) is 1. The number of benzene rings is 1. The van der Waals surface area contributed by atoms with E-state index in [0.717, 1.165) is 19.3 Å². The molecule has 0 unspecified atom stereocenters. The van der Waals surface area contributed by atoms with E-state index >= 15 is 0 Å². The Morgan fingerprint density at radius 1 is 1.13 bits per heavy atom. The fourth-order valence-corrected chi connectivity index (χ4v) is 2.80. The smallest absolute Gasteiger partial charge is 0.329 e. The minimum Gasteiger partial charge on any atom is -0.497 e. The summed E-state index contributed by atoms with van der Waals surface area (Å²) in [5.41, 5.74) is -1.16. The number of amides is 1. The molecule has 1 saturated carbocycles. The van der Waals surface area contributed by atoms with E-state index in [9.17, 15) is 14.7 Å². The summed E-state index contributed by atoms with van der Waals surface area (Å²) in [5.74, 6) is -0.157. The molecule has 0 spiro atoms. The Bertz CT molecular complexity index is 549. The first kappa shape index (κ1) is 17.1. The molecule has 0 heterocycles. The van der Waals surface area contributed by atoms with Crippen LogP contribution in [0, 0.1) is 0 Å². The van der Waals surface area contributed by atoms with E-state index in [1.165, 1.54) is 0 Å². The topological polar surface area (TPSA) is 84.9 Å². The van der Waals surface area contributed by atoms with E-state index in [1.807, 2.05) is 0 Å². The fraction of sp³-hybridized carbons (Fsp3) is 0.529. The zero-order chi connectivity index (χ0) is 16.9. The lowest BCUT2D eigenvalue weighted by atomic mass is 9.81. The Balaban J connectivity index is 1.99. The van der Waals surface area contributed by atoms with Crippen LogP contribution in [0.5, 0.6) is 11.5 Å². The third-order valence-electron chi connectivity index (χ3n) is 4.22. The molecule has 23 heavy (non-hydrogen) atoms. The summed E-state index contributed by atoms with van der Waals surface area (Å²) in [7, 11) is 1.57. The van der Waals surface area contributed by atoms with Gasteiger partial charge in [-0.25, -0.2) is 4.79 Å². The van der Waals surface area contributed by atoms with Gasteiger partial charge < -0.3 is 19.9 Å². The van der Waals surface area contributed by atoms with Crippen molar-refractivity contribution in [1.29, 1.82) is 0 Å². The Morgan fingerprint density at radius 2 is 1.70 bits per heavy atom. The molecule has 1 amide bonds. The van der Waals surface area contributed by atoms with Gasteiger partial charge in [-0.15, -0.1) is 0 Å². The number of carboxylic acid groups (broad SMARTS) is 1. The van der Waals surface area contributed by atoms with Crippen LogP contribution in [-0.2, 0) is 9.59 Å². The van der Waals surface area contributed by atoms with Crippen molar-refractivity contribution in [3.8, 4) is 11.5 Å². The molecule has 0 saturated heterocycles. The van der Waals surface area contributed by atoms with E-state index in [-0.39, 0.29) is 0 Å². The maximum absolute atomic E-state index is 12.3. The third kappa shape index (κ3) is 4.15. The summed E-state index contributed by atoms with van der Waals surface area (Å²) in [4.78, 5) is 23.9. The number of aliphatic carboxylic acids is 1. The summed E-state index contributed by atoms with van der Waals surface area (Å²) in [5, 5.41) is 12.2. The van der Waals surface area contributed by atoms with Crippen LogP contribution >= 0.6 is 0 Å². The number of rotatable bonds is 6. The van der Waals surface area contributed by atoms with Crippen LogP contribution in [0.15, 0.2) is 24.3 Å². The van der Waals surface area contributed by atoms with E-state index in [0.29, 0.717) is 24.3 Å². The molecular formula is C17H23NO5. The summed E-state index contributed by atoms with van der Waals surface area (Å²) >= 11 is 0. The van der Waals surface area contributed by atoms with Crippen molar-refractivity contribution in [2.75, 3.05) is 7.11 Å². The van der Waals surface area contributed by atoms with Crippen LogP contribution in [0.1, 0.15) is 39.0 Å². The number of carboxylic acids is 1. The molecule has 126 valence electrons. The molecule has 1 atom stereocenters. The van der Waals surface area contributed by atoms with Crippen molar-refractivity contribution in [2.45, 2.75) is 50.7 Å². The second kappa shape index (κ2) is 7.35. The first-order valence-electron chi connectivity index (χ1n) is 7.83. The molecule has 2 rings (SSSR count). The Hall–Kier alpha value is -2.24. The zero-order valence-electron chi connectivity index (χ0n) is 13.5. The van der Waals surface area contributed by atoms with Crippen LogP contribution in [0.25, 0.3) is 0 Å². The lowest BCUT2D eigenvalue weighted by Crippen LogP contribution is -2.58. The standard InChI is InChI=1S/C17H23NO5/c1-12(23-14-8-6-13(22-2)7-9-14)15(19)18-17(16(20)21)10-4-3-5-11-17/h6-9,12H,3-5,10-11H2,1-2H3,(H,18,19)(H,20,21)/t12-/m1/s1. The molecule has 0 radical (unpaired) electrons. The lowest BCUT2D eigenvalue weighted by molar-refractivity contribution is -0.150. The van der Waals surface area contributed by atoms with Crippen LogP contribution < -0.4 is 14.8 Å². The normalized spacial score (nSPS) is 17.8. The predicted octanol–water partition coefficient (Wildman–Crippen LogP) is 2.37. The molecule has 1 aliphatic carbocycles. The average Bonchev–Trinajstić information content (AvgIpc) is 2.56. The second-order valence-electron chi connectivity index (χ2n) is 5.87. The highest BCUT2D eigenvalue weighted by molar-refractivity contribution is 5.89. The van der Waals surface area contributed by atoms with Crippen LogP contribution in [0.4, 0.5) is 0 Å². The van der Waals surface area contributed by atoms with Gasteiger partial charge >= 0.3 is 5.97 Å². The number of methoxy groups -OCH3 is 1. The van der Waals surface area contributed by atoms with Gasteiger partial charge in [0.15, 0.2) is 6.10 Å². The summed E-state index contributed by atoms with van der Waals surface area (Å²) in [6, 6.07) is 6.88. The second-order valence-corrected chi connectivity index (χ2v) is 5.87. The SMILES string of the molecule is COc1ccc(O[C@H](C)C(=O)NC2(C(=O)O)CCCCC2)cc1. The molecule has 6 heteroatoms. The highest BCUT2D eigenvalue weighted by Gasteiger charge is 2.41. The minimum atomic E-state index is -1.16. The Kier molecular flexibility index (Phi) is 5.47. The Labute approximate surface area is 135 Å². The molecule has 1 aromatic rings. The molecule has 0 aliphatic heterocycles. The van der Waals surface area contributed by atoms with Gasteiger partial charge in [-0.1, -0.05) is 19.3 Å². The molecule has 0 aromatic heterocycles. The highest BCUT2D eigenvalue weighted by atomic mass is 16.5. The predicted molar refractivity (Wildman–Crippen MR) is 84.7 cm³/mol. The maximum Gasteiger partial charge on any atom is 0.329 e. The molecule has 6 nitrogen and oxygen atoms in total. The number of carbonyl (C=O) groups excluding carboxylic acids is 1. The van der Waals surface area contributed by atoms with Crippen molar-refractivity contribution in [3.63, 3.8) is 0 Å². The molecular weight excluding hydrogens is 298 g/mol. The van der Waals surface area contributed by atoms with Gasteiger partial charge in [0, 0.05) is 0 Å². The molecule has 1 aliphatic rings. The fourth-order valence-electron chi connectivity index (χ4n) is 2.80. The summed E-state index contributed by atoms with van der Waals surface area (Å²) in [6.07, 6.45) is 2.76. The van der Waals surface area contributed by atoms with Crippen molar-refractivity contribution in [3.05, 3.63) is 24.3 Å². The van der Waals surface area contributed by atoms with Gasteiger partial charge in [0.05, 0.1) is 7.11 Å². The van der Waals surface area contributed by atoms with Crippen LogP contribution in [0.3, 0.4) is 0 Å². The van der Waals surface area contributed by atoms with Crippen LogP contribution in [0.2, 0.25) is 0 Å². The average molecular weight is 321 g/mol. The summed E-state index contributed by atoms with van der Waals surface area (Å²) < 4.78 is 10.6. The van der Waals surface area contributed by atoms with Crippen molar-refractivity contribution in [1.82, 2.24) is 5.32 Å². The number of ether oxygens (including phenoxy) is 2. The van der Waals surface area contributed by atoms with E-state index in [2.05, 4.69) is 5.32 Å². The molecule has 1 aromatic carbocycles. The zero-order valence-corrected chi connectivity index (χ0v) is 13.5. The molecule has 1 fully saturated rings. The monoisotopic (exact) mass is 321 g/mol. The Morgan fingerprint density at radius 3 is 2.22 bits per heavy atom. The lowest BCUT2D eigenvalue weighted by Gasteiger charge is -2.34. The van der Waals surface area contributed by atoms with Crippen molar-refractivity contribution < 1.29 is 24.2 Å². The minimum absolute atomic E-state index is 0.412. The van der Waals surface area contributed by atoms with Gasteiger partial charge in [0.1, 0.15) is 17.0 Å². The highest BCUT2D eigenvalue weighted by Crippen LogP contribution is 2.29. The van der Waals surface area contributed by atoms with E-state index in [1.54, 1.807) is 38.3 Å². The first-order valence-corrected chi connectivity index (χ1v) is 7.83. The molecule has 0 bridgehead atoms. The van der Waals surface area contributed by atoms with Gasteiger partial charge in [-0.05, 0) is 44.0 Å². The largest absolute Gasteiger partial charge is 0.497 e. The van der Waals surface area contributed by atoms with Crippen LogP contribution in [-0.4, -0.2) is 35.7 Å². The molecule has 2 N–H and O–H groups in total. The first-order chi connectivity index (χ1) is 11.0. The quantitative estimate of drug-likeness (QED) is 0.840. The number of hydrogen-bond donors (Lipinski definition) is 2. The third-order valence-corrected chi connectivity index (χ3v) is 4.22. The van der Waals surface area contributed by atoms with Gasteiger partial charge in [-0.3, -0.25) is 4.79 Å². The van der Waals surface area contributed by atoms with E-state index in [4.69, 9.17) is 9.47 Å². The van der Waals surface area contributed by atoms with Gasteiger partial charge in [0.2, 0.25) is 0 Å². The van der Waals surface area contributed by atoms with Crippen molar-refractivity contribution in [2.24, 2.45) is 0 Å². The van der Waals surface area contributed by atoms with Crippen molar-refractivity contribution >= 4 is 11.9 Å². The number of carbonyl (C=O) groups is 2. The van der Waals surface area contributed by atoms with Gasteiger partial charge in [-0.2, -0.15) is 0 Å². The maximum atomic E-state index is 12.3.